The Balaban J connectivity index is 1.77. The maximum absolute atomic E-state index is 11.9. The zero-order chi connectivity index (χ0) is 15.8. The van der Waals surface area contributed by atoms with Gasteiger partial charge in [0.1, 0.15) is 12.4 Å². The molecule has 6 nitrogen and oxygen atoms in total. The number of benzene rings is 1. The standard InChI is InChI=1S/C16H24N2O4/c1-21-11-12-22-14-6-3-2-5-13(14)18-15(19)17-10-9-16(20)7-4-8-16/h2-3,5-6,20H,4,7-12H2,1H3,(H2,17,18,19). The lowest BCUT2D eigenvalue weighted by Crippen LogP contribution is -2.41. The van der Waals surface area contributed by atoms with E-state index >= 15 is 0 Å². The third-order valence-corrected chi connectivity index (χ3v) is 3.84. The number of carbonyl (C=O) groups excluding carboxylic acids is 1. The molecule has 22 heavy (non-hydrogen) atoms. The van der Waals surface area contributed by atoms with Gasteiger partial charge in [-0.25, -0.2) is 4.79 Å². The minimum atomic E-state index is -0.575. The minimum absolute atomic E-state index is 0.300. The molecule has 0 heterocycles. The van der Waals surface area contributed by atoms with E-state index in [9.17, 15) is 9.90 Å². The molecular weight excluding hydrogens is 284 g/mol. The summed E-state index contributed by atoms with van der Waals surface area (Å²) >= 11 is 0. The van der Waals surface area contributed by atoms with Gasteiger partial charge < -0.3 is 25.2 Å². The number of para-hydroxylation sites is 2. The van der Waals surface area contributed by atoms with E-state index < -0.39 is 5.60 Å². The zero-order valence-electron chi connectivity index (χ0n) is 12.9. The normalized spacial score (nSPS) is 15.7. The van der Waals surface area contributed by atoms with Gasteiger partial charge >= 0.3 is 6.03 Å². The van der Waals surface area contributed by atoms with E-state index in [2.05, 4.69) is 10.6 Å². The number of rotatable bonds is 8. The van der Waals surface area contributed by atoms with E-state index in [1.54, 1.807) is 19.2 Å². The monoisotopic (exact) mass is 308 g/mol. The SMILES string of the molecule is COCCOc1ccccc1NC(=O)NCCC1(O)CCC1. The Morgan fingerprint density at radius 2 is 2.09 bits per heavy atom. The summed E-state index contributed by atoms with van der Waals surface area (Å²) in [5.41, 5.74) is 0.0347. The summed E-state index contributed by atoms with van der Waals surface area (Å²) in [6, 6.07) is 6.95. The molecule has 0 aromatic heterocycles. The van der Waals surface area contributed by atoms with E-state index in [0.717, 1.165) is 19.3 Å². The van der Waals surface area contributed by atoms with Crippen LogP contribution in [0, 0.1) is 0 Å². The predicted octanol–water partition coefficient (Wildman–Crippen LogP) is 2.14. The average Bonchev–Trinajstić information content (AvgIpc) is 2.47. The fourth-order valence-electron chi connectivity index (χ4n) is 2.34. The van der Waals surface area contributed by atoms with Gasteiger partial charge in [-0.1, -0.05) is 12.1 Å². The second kappa shape index (κ2) is 8.00. The molecule has 1 fully saturated rings. The van der Waals surface area contributed by atoms with E-state index in [4.69, 9.17) is 9.47 Å². The lowest BCUT2D eigenvalue weighted by molar-refractivity contribution is -0.0388. The van der Waals surface area contributed by atoms with Crippen molar-refractivity contribution in [1.82, 2.24) is 5.32 Å². The van der Waals surface area contributed by atoms with Crippen LogP contribution in [0.5, 0.6) is 5.75 Å². The van der Waals surface area contributed by atoms with Crippen LogP contribution in [0.1, 0.15) is 25.7 Å². The molecule has 3 N–H and O–H groups in total. The minimum Gasteiger partial charge on any atom is -0.489 e. The molecule has 6 heteroatoms. The van der Waals surface area contributed by atoms with Gasteiger partial charge in [0.2, 0.25) is 0 Å². The molecule has 0 radical (unpaired) electrons. The topological polar surface area (TPSA) is 79.8 Å². The van der Waals surface area contributed by atoms with Crippen LogP contribution < -0.4 is 15.4 Å². The van der Waals surface area contributed by atoms with Crippen molar-refractivity contribution in [1.29, 1.82) is 0 Å². The van der Waals surface area contributed by atoms with Gasteiger partial charge in [0.15, 0.2) is 0 Å². The number of ether oxygens (including phenoxy) is 2. The summed E-state index contributed by atoms with van der Waals surface area (Å²) in [4.78, 5) is 11.9. The van der Waals surface area contributed by atoms with Gasteiger partial charge in [-0.3, -0.25) is 0 Å². The molecule has 0 atom stereocenters. The average molecular weight is 308 g/mol. The Morgan fingerprint density at radius 1 is 1.32 bits per heavy atom. The number of nitrogens with one attached hydrogen (secondary N) is 2. The number of anilines is 1. The van der Waals surface area contributed by atoms with Crippen molar-refractivity contribution >= 4 is 11.7 Å². The Morgan fingerprint density at radius 3 is 2.77 bits per heavy atom. The lowest BCUT2D eigenvalue weighted by atomic mass is 9.78. The summed E-state index contributed by atoms with van der Waals surface area (Å²) in [7, 11) is 1.61. The van der Waals surface area contributed by atoms with Gasteiger partial charge in [0.25, 0.3) is 0 Å². The molecule has 2 amide bonds. The molecule has 1 saturated carbocycles. The lowest BCUT2D eigenvalue weighted by Gasteiger charge is -2.36. The van der Waals surface area contributed by atoms with Gasteiger partial charge in [0.05, 0.1) is 17.9 Å². The predicted molar refractivity (Wildman–Crippen MR) is 84.3 cm³/mol. The number of hydrogen-bond acceptors (Lipinski definition) is 4. The quantitative estimate of drug-likeness (QED) is 0.643. The van der Waals surface area contributed by atoms with E-state index in [1.165, 1.54) is 0 Å². The summed E-state index contributed by atoms with van der Waals surface area (Å²) in [5, 5.41) is 15.5. The highest BCUT2D eigenvalue weighted by Crippen LogP contribution is 2.34. The first-order chi connectivity index (χ1) is 10.6. The van der Waals surface area contributed by atoms with E-state index in [-0.39, 0.29) is 6.03 Å². The van der Waals surface area contributed by atoms with Crippen molar-refractivity contribution in [2.24, 2.45) is 0 Å². The Hall–Kier alpha value is -1.79. The van der Waals surface area contributed by atoms with Crippen LogP contribution >= 0.6 is 0 Å². The first-order valence-electron chi connectivity index (χ1n) is 7.61. The molecule has 0 bridgehead atoms. The zero-order valence-corrected chi connectivity index (χ0v) is 12.9. The van der Waals surface area contributed by atoms with Crippen LogP contribution in [-0.2, 0) is 4.74 Å². The summed E-state index contributed by atoms with van der Waals surface area (Å²) < 4.78 is 10.5. The van der Waals surface area contributed by atoms with Crippen LogP contribution in [0.15, 0.2) is 24.3 Å². The molecule has 0 unspecified atom stereocenters. The fourth-order valence-corrected chi connectivity index (χ4v) is 2.34. The Kier molecular flexibility index (Phi) is 6.03. The Bertz CT molecular complexity index is 489. The van der Waals surface area contributed by atoms with Crippen molar-refractivity contribution in [3.8, 4) is 5.75 Å². The van der Waals surface area contributed by atoms with Crippen LogP contribution in [0.2, 0.25) is 0 Å². The number of aliphatic hydroxyl groups is 1. The van der Waals surface area contributed by atoms with Crippen LogP contribution in [0.4, 0.5) is 10.5 Å². The third-order valence-electron chi connectivity index (χ3n) is 3.84. The number of carbonyl (C=O) groups is 1. The smallest absolute Gasteiger partial charge is 0.319 e. The van der Waals surface area contributed by atoms with Crippen molar-refractivity contribution in [3.05, 3.63) is 24.3 Å². The molecule has 1 aliphatic rings. The van der Waals surface area contributed by atoms with Gasteiger partial charge in [-0.15, -0.1) is 0 Å². The first-order valence-corrected chi connectivity index (χ1v) is 7.61. The van der Waals surface area contributed by atoms with Crippen molar-refractivity contribution in [2.45, 2.75) is 31.3 Å². The largest absolute Gasteiger partial charge is 0.489 e. The summed E-state index contributed by atoms with van der Waals surface area (Å²) in [5.74, 6) is 0.604. The van der Waals surface area contributed by atoms with Crippen LogP contribution in [-0.4, -0.2) is 43.6 Å². The second-order valence-electron chi connectivity index (χ2n) is 5.55. The highest BCUT2D eigenvalue weighted by atomic mass is 16.5. The van der Waals surface area contributed by atoms with E-state index in [0.29, 0.717) is 37.6 Å². The van der Waals surface area contributed by atoms with Gasteiger partial charge in [0, 0.05) is 13.7 Å². The first kappa shape index (κ1) is 16.6. The molecule has 2 rings (SSSR count). The molecule has 0 spiro atoms. The van der Waals surface area contributed by atoms with Gasteiger partial charge in [-0.05, 0) is 37.8 Å². The number of amides is 2. The number of urea groups is 1. The molecule has 122 valence electrons. The third kappa shape index (κ3) is 4.89. The highest BCUT2D eigenvalue weighted by Gasteiger charge is 2.33. The molecule has 1 aliphatic carbocycles. The molecule has 1 aromatic rings. The Labute approximate surface area is 130 Å². The number of hydrogen-bond donors (Lipinski definition) is 3. The summed E-state index contributed by atoms with van der Waals surface area (Å²) in [6.07, 6.45) is 3.31. The van der Waals surface area contributed by atoms with Crippen molar-refractivity contribution in [2.75, 3.05) is 32.2 Å². The maximum Gasteiger partial charge on any atom is 0.319 e. The fraction of sp³-hybridized carbons (Fsp3) is 0.562. The highest BCUT2D eigenvalue weighted by molar-refractivity contribution is 5.90. The number of methoxy groups -OCH3 is 1. The maximum atomic E-state index is 11.9. The second-order valence-corrected chi connectivity index (χ2v) is 5.55. The molecule has 0 aliphatic heterocycles. The molecular formula is C16H24N2O4. The summed E-state index contributed by atoms with van der Waals surface area (Å²) in [6.45, 7) is 1.36. The van der Waals surface area contributed by atoms with Crippen molar-refractivity contribution < 1.29 is 19.4 Å². The van der Waals surface area contributed by atoms with Crippen molar-refractivity contribution in [3.63, 3.8) is 0 Å². The molecule has 1 aromatic carbocycles. The van der Waals surface area contributed by atoms with E-state index in [1.807, 2.05) is 12.1 Å². The van der Waals surface area contributed by atoms with Gasteiger partial charge in [-0.2, -0.15) is 0 Å². The van der Waals surface area contributed by atoms with Crippen LogP contribution in [0.25, 0.3) is 0 Å². The van der Waals surface area contributed by atoms with Crippen LogP contribution in [0.3, 0.4) is 0 Å². The molecule has 0 saturated heterocycles.